The van der Waals surface area contributed by atoms with Gasteiger partial charge in [0.2, 0.25) is 6.43 Å². The average molecular weight is 187 g/mol. The van der Waals surface area contributed by atoms with E-state index in [0.29, 0.717) is 11.5 Å². The summed E-state index contributed by atoms with van der Waals surface area (Å²) < 4.78 is 23.5. The van der Waals surface area contributed by atoms with Gasteiger partial charge in [0.05, 0.1) is 5.69 Å². The zero-order valence-electron chi connectivity index (χ0n) is 7.00. The van der Waals surface area contributed by atoms with Gasteiger partial charge in [-0.05, 0) is 12.1 Å². The van der Waals surface area contributed by atoms with E-state index in [-0.39, 0.29) is 13.0 Å². The Kier molecular flexibility index (Phi) is 3.42. The van der Waals surface area contributed by atoms with E-state index >= 15 is 0 Å². The highest BCUT2D eigenvalue weighted by Gasteiger charge is 2.02. The van der Waals surface area contributed by atoms with E-state index in [9.17, 15) is 8.78 Å². The molecule has 13 heavy (non-hydrogen) atoms. The molecule has 0 aliphatic rings. The van der Waals surface area contributed by atoms with Crippen LogP contribution in [0.1, 0.15) is 6.42 Å². The second-order valence-corrected chi connectivity index (χ2v) is 2.54. The van der Waals surface area contributed by atoms with Crippen molar-refractivity contribution < 1.29 is 8.78 Å². The number of nitrogens with zero attached hydrogens (tertiary/aromatic N) is 1. The molecule has 5 heteroatoms. The fraction of sp³-hybridized carbons (Fsp3) is 0.375. The normalized spacial score (nSPS) is 10.4. The standard InChI is InChI=1S/C8H11F2N3/c9-7(10)3-5-12-6-2-1-4-13-8(6)11/h1-2,4,7,12H,3,5H2,(H2,11,13). The number of pyridine rings is 1. The number of nitrogen functional groups attached to an aromatic ring is 1. The Morgan fingerprint density at radius 1 is 1.54 bits per heavy atom. The highest BCUT2D eigenvalue weighted by molar-refractivity contribution is 5.60. The number of halogens is 2. The third kappa shape index (κ3) is 3.23. The summed E-state index contributed by atoms with van der Waals surface area (Å²) in [6.45, 7) is 0.202. The second-order valence-electron chi connectivity index (χ2n) is 2.54. The minimum absolute atomic E-state index is 0.186. The number of nitrogens with one attached hydrogen (secondary N) is 1. The van der Waals surface area contributed by atoms with Gasteiger partial charge in [-0.3, -0.25) is 0 Å². The van der Waals surface area contributed by atoms with E-state index < -0.39 is 6.43 Å². The van der Waals surface area contributed by atoms with Gasteiger partial charge < -0.3 is 11.1 Å². The number of hydrogen-bond donors (Lipinski definition) is 2. The number of anilines is 2. The summed E-state index contributed by atoms with van der Waals surface area (Å²) in [5, 5.41) is 2.78. The first kappa shape index (κ1) is 9.70. The lowest BCUT2D eigenvalue weighted by atomic mass is 10.3. The van der Waals surface area contributed by atoms with Crippen LogP contribution in [-0.2, 0) is 0 Å². The molecule has 1 rings (SSSR count). The van der Waals surface area contributed by atoms with Crippen LogP contribution in [0.2, 0.25) is 0 Å². The molecule has 0 saturated heterocycles. The zero-order chi connectivity index (χ0) is 9.68. The summed E-state index contributed by atoms with van der Waals surface area (Å²) in [5.74, 6) is 0.330. The maximum Gasteiger partial charge on any atom is 0.240 e. The van der Waals surface area contributed by atoms with Crippen molar-refractivity contribution in [3.63, 3.8) is 0 Å². The molecule has 0 bridgehead atoms. The molecule has 0 aliphatic carbocycles. The molecule has 0 aliphatic heterocycles. The van der Waals surface area contributed by atoms with Crippen LogP contribution in [-0.4, -0.2) is 18.0 Å². The fourth-order valence-corrected chi connectivity index (χ4v) is 0.883. The summed E-state index contributed by atoms with van der Waals surface area (Å²) in [6, 6.07) is 3.40. The molecule has 1 aromatic heterocycles. The molecule has 0 saturated carbocycles. The third-order valence-electron chi connectivity index (χ3n) is 1.52. The predicted octanol–water partition coefficient (Wildman–Crippen LogP) is 1.73. The van der Waals surface area contributed by atoms with Gasteiger partial charge >= 0.3 is 0 Å². The summed E-state index contributed by atoms with van der Waals surface area (Å²) in [4.78, 5) is 3.80. The molecule has 0 aromatic carbocycles. The minimum Gasteiger partial charge on any atom is -0.382 e. The van der Waals surface area contributed by atoms with Crippen LogP contribution in [0.25, 0.3) is 0 Å². The SMILES string of the molecule is Nc1ncccc1NCCC(F)F. The topological polar surface area (TPSA) is 50.9 Å². The van der Waals surface area contributed by atoms with Crippen LogP contribution in [0.3, 0.4) is 0 Å². The van der Waals surface area contributed by atoms with E-state index in [1.165, 1.54) is 0 Å². The van der Waals surface area contributed by atoms with Crippen molar-refractivity contribution in [2.75, 3.05) is 17.6 Å². The Morgan fingerprint density at radius 3 is 2.92 bits per heavy atom. The monoisotopic (exact) mass is 187 g/mol. The van der Waals surface area contributed by atoms with Gasteiger partial charge in [0.25, 0.3) is 0 Å². The van der Waals surface area contributed by atoms with Gasteiger partial charge in [0, 0.05) is 19.2 Å². The van der Waals surface area contributed by atoms with Crippen molar-refractivity contribution >= 4 is 11.5 Å². The number of rotatable bonds is 4. The van der Waals surface area contributed by atoms with Crippen molar-refractivity contribution in [2.45, 2.75) is 12.8 Å². The molecule has 0 amide bonds. The van der Waals surface area contributed by atoms with E-state index in [1.54, 1.807) is 18.3 Å². The molecule has 1 heterocycles. The Hall–Kier alpha value is -1.39. The second kappa shape index (κ2) is 4.59. The lowest BCUT2D eigenvalue weighted by molar-refractivity contribution is 0.142. The molecule has 0 fully saturated rings. The number of aromatic nitrogens is 1. The number of hydrogen-bond acceptors (Lipinski definition) is 3. The first-order valence-corrected chi connectivity index (χ1v) is 3.92. The molecule has 3 nitrogen and oxygen atoms in total. The van der Waals surface area contributed by atoms with Gasteiger partial charge in [0.1, 0.15) is 5.82 Å². The molecule has 0 spiro atoms. The Labute approximate surface area is 75.0 Å². The quantitative estimate of drug-likeness (QED) is 0.754. The highest BCUT2D eigenvalue weighted by atomic mass is 19.3. The van der Waals surface area contributed by atoms with Crippen LogP contribution in [0.15, 0.2) is 18.3 Å². The molecular formula is C8H11F2N3. The van der Waals surface area contributed by atoms with Crippen LogP contribution in [0.4, 0.5) is 20.3 Å². The lowest BCUT2D eigenvalue weighted by Gasteiger charge is -2.06. The highest BCUT2D eigenvalue weighted by Crippen LogP contribution is 2.13. The smallest absolute Gasteiger partial charge is 0.240 e. The molecule has 0 unspecified atom stereocenters. The molecule has 1 aromatic rings. The van der Waals surface area contributed by atoms with Gasteiger partial charge in [-0.1, -0.05) is 0 Å². The van der Waals surface area contributed by atoms with Crippen LogP contribution in [0, 0.1) is 0 Å². The summed E-state index contributed by atoms with van der Waals surface area (Å²) in [6.07, 6.45) is -0.924. The van der Waals surface area contributed by atoms with Crippen LogP contribution < -0.4 is 11.1 Å². The average Bonchev–Trinajstić information content (AvgIpc) is 2.08. The van der Waals surface area contributed by atoms with Gasteiger partial charge in [-0.15, -0.1) is 0 Å². The summed E-state index contributed by atoms with van der Waals surface area (Å²) in [5.41, 5.74) is 6.08. The van der Waals surface area contributed by atoms with Gasteiger partial charge in [0.15, 0.2) is 0 Å². The van der Waals surface area contributed by atoms with E-state index in [0.717, 1.165) is 0 Å². The van der Waals surface area contributed by atoms with Crippen molar-refractivity contribution in [1.29, 1.82) is 0 Å². The van der Waals surface area contributed by atoms with Crippen molar-refractivity contribution in [3.8, 4) is 0 Å². The van der Waals surface area contributed by atoms with Gasteiger partial charge in [-0.25, -0.2) is 13.8 Å². The number of nitrogens with two attached hydrogens (primary N) is 1. The van der Waals surface area contributed by atoms with E-state index in [1.807, 2.05) is 0 Å². The molecule has 0 atom stereocenters. The number of alkyl halides is 2. The molecule has 3 N–H and O–H groups in total. The summed E-state index contributed by atoms with van der Waals surface area (Å²) >= 11 is 0. The fourth-order valence-electron chi connectivity index (χ4n) is 0.883. The van der Waals surface area contributed by atoms with Gasteiger partial charge in [-0.2, -0.15) is 0 Å². The lowest BCUT2D eigenvalue weighted by Crippen LogP contribution is -2.08. The van der Waals surface area contributed by atoms with Crippen LogP contribution >= 0.6 is 0 Å². The van der Waals surface area contributed by atoms with Crippen molar-refractivity contribution in [2.24, 2.45) is 0 Å². The Morgan fingerprint density at radius 2 is 2.31 bits per heavy atom. The largest absolute Gasteiger partial charge is 0.382 e. The Balaban J connectivity index is 2.41. The Bertz CT molecular complexity index is 265. The van der Waals surface area contributed by atoms with E-state index in [4.69, 9.17) is 5.73 Å². The van der Waals surface area contributed by atoms with Crippen molar-refractivity contribution in [3.05, 3.63) is 18.3 Å². The third-order valence-corrected chi connectivity index (χ3v) is 1.52. The molecule has 72 valence electrons. The van der Waals surface area contributed by atoms with E-state index in [2.05, 4.69) is 10.3 Å². The van der Waals surface area contributed by atoms with Crippen molar-refractivity contribution in [1.82, 2.24) is 4.98 Å². The first-order valence-electron chi connectivity index (χ1n) is 3.92. The minimum atomic E-state index is -2.29. The maximum absolute atomic E-state index is 11.8. The first-order chi connectivity index (χ1) is 6.20. The summed E-state index contributed by atoms with van der Waals surface area (Å²) in [7, 11) is 0. The predicted molar refractivity (Wildman–Crippen MR) is 47.8 cm³/mol. The molecular weight excluding hydrogens is 176 g/mol. The zero-order valence-corrected chi connectivity index (χ0v) is 7.00. The maximum atomic E-state index is 11.8. The molecule has 0 radical (unpaired) electrons. The van der Waals surface area contributed by atoms with Crippen LogP contribution in [0.5, 0.6) is 0 Å².